The number of nitrogens with zero attached hydrogens (tertiary/aromatic N) is 3. The van der Waals surface area contributed by atoms with Crippen molar-refractivity contribution in [2.75, 3.05) is 19.0 Å². The Kier molecular flexibility index (Phi) is 5.09. The number of rotatable bonds is 6. The Balaban J connectivity index is 2.16. The van der Waals surface area contributed by atoms with E-state index in [1.807, 2.05) is 11.5 Å². The zero-order chi connectivity index (χ0) is 14.8. The summed E-state index contributed by atoms with van der Waals surface area (Å²) in [6.07, 6.45) is 4.37. The average Bonchev–Trinajstić information content (AvgIpc) is 2.99. The molecule has 2 rings (SSSR count). The van der Waals surface area contributed by atoms with Crippen LogP contribution in [0.1, 0.15) is 32.0 Å². The van der Waals surface area contributed by atoms with Crippen LogP contribution < -0.4 is 0 Å². The van der Waals surface area contributed by atoms with Crippen LogP contribution in [0.15, 0.2) is 11.2 Å². The van der Waals surface area contributed by atoms with E-state index in [9.17, 15) is 8.42 Å². The van der Waals surface area contributed by atoms with Gasteiger partial charge in [0.15, 0.2) is 5.03 Å². The maximum atomic E-state index is 12.6. The highest BCUT2D eigenvalue weighted by Crippen LogP contribution is 2.26. The second-order valence-electron chi connectivity index (χ2n) is 5.32. The van der Waals surface area contributed by atoms with Gasteiger partial charge in [-0.1, -0.05) is 6.92 Å². The van der Waals surface area contributed by atoms with Crippen molar-refractivity contribution in [2.45, 2.75) is 44.7 Å². The molecule has 0 saturated carbocycles. The zero-order valence-electron chi connectivity index (χ0n) is 12.0. The molecule has 0 spiro atoms. The van der Waals surface area contributed by atoms with Crippen LogP contribution in [0.2, 0.25) is 0 Å². The molecule has 0 radical (unpaired) electrons. The molecular formula is C13H22ClN3O2S. The van der Waals surface area contributed by atoms with Gasteiger partial charge in [-0.05, 0) is 32.1 Å². The lowest BCUT2D eigenvalue weighted by Crippen LogP contribution is -2.29. The van der Waals surface area contributed by atoms with E-state index in [2.05, 4.69) is 11.9 Å². The van der Waals surface area contributed by atoms with Gasteiger partial charge in [-0.2, -0.15) is 4.31 Å². The minimum Gasteiger partial charge on any atom is -0.334 e. The first-order valence-corrected chi connectivity index (χ1v) is 9.06. The third-order valence-corrected chi connectivity index (χ3v) is 5.74. The van der Waals surface area contributed by atoms with Gasteiger partial charge < -0.3 is 4.57 Å². The van der Waals surface area contributed by atoms with Crippen LogP contribution in [0.5, 0.6) is 0 Å². The molecule has 2 heterocycles. The van der Waals surface area contributed by atoms with Gasteiger partial charge in [-0.25, -0.2) is 13.4 Å². The molecule has 1 fully saturated rings. The highest BCUT2D eigenvalue weighted by atomic mass is 35.5. The van der Waals surface area contributed by atoms with E-state index in [-0.39, 0.29) is 5.03 Å². The normalized spacial score (nSPS) is 20.6. The summed E-state index contributed by atoms with van der Waals surface area (Å²) in [7, 11) is -3.45. The molecular weight excluding hydrogens is 298 g/mol. The second kappa shape index (κ2) is 6.45. The molecule has 1 aliphatic heterocycles. The first-order valence-electron chi connectivity index (χ1n) is 7.09. The molecule has 1 aromatic rings. The van der Waals surface area contributed by atoms with Crippen molar-refractivity contribution >= 4 is 21.6 Å². The van der Waals surface area contributed by atoms with Crippen molar-refractivity contribution < 1.29 is 8.42 Å². The Bertz CT molecular complexity index is 556. The number of sulfonamides is 1. The lowest BCUT2D eigenvalue weighted by Gasteiger charge is -2.14. The molecule has 0 aliphatic carbocycles. The van der Waals surface area contributed by atoms with Crippen LogP contribution in [-0.4, -0.2) is 41.2 Å². The summed E-state index contributed by atoms with van der Waals surface area (Å²) in [6, 6.07) is 0. The first kappa shape index (κ1) is 15.8. The second-order valence-corrected chi connectivity index (χ2v) is 7.58. The van der Waals surface area contributed by atoms with E-state index in [4.69, 9.17) is 11.6 Å². The van der Waals surface area contributed by atoms with Gasteiger partial charge in [0.25, 0.3) is 10.0 Å². The fraction of sp³-hybridized carbons (Fsp3) is 0.769. The number of imidazole rings is 1. The Morgan fingerprint density at radius 3 is 2.90 bits per heavy atom. The van der Waals surface area contributed by atoms with Crippen molar-refractivity contribution in [3.05, 3.63) is 12.0 Å². The van der Waals surface area contributed by atoms with Crippen LogP contribution in [0, 0.1) is 12.8 Å². The number of aromatic nitrogens is 2. The molecule has 0 N–H and O–H groups in total. The Hall–Kier alpha value is -0.590. The summed E-state index contributed by atoms with van der Waals surface area (Å²) >= 11 is 5.74. The molecule has 0 aromatic carbocycles. The number of alkyl halides is 1. The molecule has 5 nitrogen and oxygen atoms in total. The van der Waals surface area contributed by atoms with Gasteiger partial charge in [-0.15, -0.1) is 11.6 Å². The highest BCUT2D eigenvalue weighted by Gasteiger charge is 2.33. The SMILES string of the molecule is CCCn1cc(S(=O)(=O)N2CCC(CCCl)C2)nc1C. The van der Waals surface area contributed by atoms with E-state index >= 15 is 0 Å². The van der Waals surface area contributed by atoms with Gasteiger partial charge in [-0.3, -0.25) is 0 Å². The van der Waals surface area contributed by atoms with E-state index in [0.717, 1.165) is 31.6 Å². The molecule has 1 atom stereocenters. The predicted molar refractivity (Wildman–Crippen MR) is 79.5 cm³/mol. The van der Waals surface area contributed by atoms with Crippen LogP contribution in [0.25, 0.3) is 0 Å². The Morgan fingerprint density at radius 1 is 1.50 bits per heavy atom. The minimum absolute atomic E-state index is 0.176. The molecule has 1 aromatic heterocycles. The zero-order valence-corrected chi connectivity index (χ0v) is 13.6. The number of hydrogen-bond donors (Lipinski definition) is 0. The molecule has 7 heteroatoms. The lowest BCUT2D eigenvalue weighted by atomic mass is 10.1. The van der Waals surface area contributed by atoms with Crippen molar-refractivity contribution in [1.82, 2.24) is 13.9 Å². The Morgan fingerprint density at radius 2 is 2.25 bits per heavy atom. The molecule has 1 saturated heterocycles. The smallest absolute Gasteiger partial charge is 0.262 e. The van der Waals surface area contributed by atoms with Crippen molar-refractivity contribution in [3.8, 4) is 0 Å². The summed E-state index contributed by atoms with van der Waals surface area (Å²) < 4.78 is 28.6. The first-order chi connectivity index (χ1) is 9.48. The topological polar surface area (TPSA) is 55.2 Å². The Labute approximate surface area is 126 Å². The number of halogens is 1. The molecule has 114 valence electrons. The fourth-order valence-corrected chi connectivity index (χ4v) is 4.44. The van der Waals surface area contributed by atoms with Crippen molar-refractivity contribution in [3.63, 3.8) is 0 Å². The fourth-order valence-electron chi connectivity index (χ4n) is 2.61. The van der Waals surface area contributed by atoms with Crippen molar-refractivity contribution in [2.24, 2.45) is 5.92 Å². The minimum atomic E-state index is -3.45. The molecule has 1 unspecified atom stereocenters. The van der Waals surface area contributed by atoms with Crippen LogP contribution in [-0.2, 0) is 16.6 Å². The van der Waals surface area contributed by atoms with Gasteiger partial charge >= 0.3 is 0 Å². The molecule has 1 aliphatic rings. The van der Waals surface area contributed by atoms with Crippen molar-refractivity contribution in [1.29, 1.82) is 0 Å². The maximum Gasteiger partial charge on any atom is 0.262 e. The van der Waals surface area contributed by atoms with E-state index in [0.29, 0.717) is 24.9 Å². The molecule has 20 heavy (non-hydrogen) atoms. The standard InChI is InChI=1S/C13H22ClN3O2S/c1-3-7-16-10-13(15-11(16)2)20(18,19)17-8-5-12(9-17)4-6-14/h10,12H,3-9H2,1-2H3. The lowest BCUT2D eigenvalue weighted by molar-refractivity contribution is 0.451. The van der Waals surface area contributed by atoms with Gasteiger partial charge in [0.05, 0.1) is 0 Å². The van der Waals surface area contributed by atoms with E-state index in [1.54, 1.807) is 10.5 Å². The van der Waals surface area contributed by atoms with Crippen LogP contribution >= 0.6 is 11.6 Å². The van der Waals surface area contributed by atoms with Crippen LogP contribution in [0.3, 0.4) is 0 Å². The average molecular weight is 320 g/mol. The number of hydrogen-bond acceptors (Lipinski definition) is 3. The quantitative estimate of drug-likeness (QED) is 0.756. The predicted octanol–water partition coefficient (Wildman–Crippen LogP) is 2.24. The summed E-state index contributed by atoms with van der Waals surface area (Å²) in [5.41, 5.74) is 0. The monoisotopic (exact) mass is 319 g/mol. The largest absolute Gasteiger partial charge is 0.334 e. The summed E-state index contributed by atoms with van der Waals surface area (Å²) in [6.45, 7) is 5.83. The van der Waals surface area contributed by atoms with Gasteiger partial charge in [0, 0.05) is 31.7 Å². The van der Waals surface area contributed by atoms with Gasteiger partial charge in [0.1, 0.15) is 5.82 Å². The molecule has 0 bridgehead atoms. The number of aryl methyl sites for hydroxylation is 2. The maximum absolute atomic E-state index is 12.6. The van der Waals surface area contributed by atoms with E-state index in [1.165, 1.54) is 0 Å². The summed E-state index contributed by atoms with van der Waals surface area (Å²) in [5, 5.41) is 0.176. The third kappa shape index (κ3) is 3.18. The summed E-state index contributed by atoms with van der Waals surface area (Å²) in [4.78, 5) is 4.22. The van der Waals surface area contributed by atoms with Gasteiger partial charge in [0.2, 0.25) is 0 Å². The van der Waals surface area contributed by atoms with E-state index < -0.39 is 10.0 Å². The third-order valence-electron chi connectivity index (χ3n) is 3.79. The molecule has 0 amide bonds. The summed E-state index contributed by atoms with van der Waals surface area (Å²) in [5.74, 6) is 1.71. The highest BCUT2D eigenvalue weighted by molar-refractivity contribution is 7.89. The van der Waals surface area contributed by atoms with Crippen LogP contribution in [0.4, 0.5) is 0 Å².